The first-order valence-corrected chi connectivity index (χ1v) is 16.4. The molecule has 1 aliphatic rings. The molecule has 0 spiro atoms. The number of rotatable bonds is 12. The van der Waals surface area contributed by atoms with Crippen molar-refractivity contribution in [3.05, 3.63) is 67.3 Å². The quantitative estimate of drug-likeness (QED) is 0.138. The van der Waals surface area contributed by atoms with Crippen molar-refractivity contribution in [2.45, 2.75) is 56.6 Å². The van der Waals surface area contributed by atoms with Crippen molar-refractivity contribution in [3.63, 3.8) is 0 Å². The molecule has 1 fully saturated rings. The first-order valence-electron chi connectivity index (χ1n) is 12.6. The molecule has 2 aromatic carbocycles. The van der Waals surface area contributed by atoms with Gasteiger partial charge in [-0.1, -0.05) is 81.4 Å². The Balaban J connectivity index is 0.00000560. The van der Waals surface area contributed by atoms with Gasteiger partial charge in [-0.3, -0.25) is 8.98 Å². The van der Waals surface area contributed by atoms with Crippen LogP contribution in [0.25, 0.3) is 0 Å². The van der Waals surface area contributed by atoms with E-state index in [1.165, 1.54) is 27.8 Å². The molecule has 0 N–H and O–H groups in total. The van der Waals surface area contributed by atoms with Crippen molar-refractivity contribution >= 4 is 34.8 Å². The normalized spacial score (nSPS) is 22.4. The van der Waals surface area contributed by atoms with Crippen LogP contribution >= 0.6 is 0 Å². The SMILES string of the molecule is COCC(OS(C)(=O)=O)[C@]1(CO[Si](c2ccccc2)(c2ccccc2)C(C)(C)C)O[CH-][C@H](OC(C)=O)[C@@H]1OC.[U]. The molecule has 0 amide bonds. The molecule has 0 bridgehead atoms. The monoisotopic (exact) mass is 817 g/mol. The van der Waals surface area contributed by atoms with E-state index in [-0.39, 0.29) is 49.4 Å². The first kappa shape index (κ1) is 35.1. The van der Waals surface area contributed by atoms with Gasteiger partial charge >= 0.3 is 0 Å². The van der Waals surface area contributed by atoms with Crippen LogP contribution in [-0.4, -0.2) is 80.3 Å². The molecule has 3 rings (SSSR count). The van der Waals surface area contributed by atoms with Gasteiger partial charge in [0.25, 0.3) is 24.4 Å². The van der Waals surface area contributed by atoms with E-state index < -0.39 is 48.3 Å². The number of esters is 1. The number of carbonyl (C=O) groups excluding carboxylic acids is 1. The summed E-state index contributed by atoms with van der Waals surface area (Å²) in [5.41, 5.74) is -1.54. The van der Waals surface area contributed by atoms with Crippen molar-refractivity contribution < 1.29 is 71.9 Å². The van der Waals surface area contributed by atoms with Crippen LogP contribution < -0.4 is 10.4 Å². The molecule has 1 unspecified atom stereocenters. The number of hydrogen-bond donors (Lipinski definition) is 0. The molecule has 40 heavy (non-hydrogen) atoms. The van der Waals surface area contributed by atoms with E-state index in [9.17, 15) is 13.2 Å². The second-order valence-corrected chi connectivity index (χ2v) is 16.5. The van der Waals surface area contributed by atoms with Gasteiger partial charge in [-0.05, 0) is 15.4 Å². The van der Waals surface area contributed by atoms with Crippen molar-refractivity contribution in [1.29, 1.82) is 0 Å². The first-order chi connectivity index (χ1) is 18.3. The second-order valence-electron chi connectivity index (χ2n) is 10.6. The van der Waals surface area contributed by atoms with E-state index in [1.54, 1.807) is 0 Å². The zero-order valence-electron chi connectivity index (χ0n) is 24.1. The number of methoxy groups -OCH3 is 2. The summed E-state index contributed by atoms with van der Waals surface area (Å²) < 4.78 is 60.2. The summed E-state index contributed by atoms with van der Waals surface area (Å²) in [5, 5.41) is 1.68. The van der Waals surface area contributed by atoms with Crippen LogP contribution in [0.2, 0.25) is 5.04 Å². The Labute approximate surface area is 262 Å². The molecule has 1 aliphatic heterocycles. The number of ether oxygens (including phenoxy) is 4. The van der Waals surface area contributed by atoms with Gasteiger partial charge in [0.15, 0.2) is 0 Å². The van der Waals surface area contributed by atoms with Crippen LogP contribution in [0.3, 0.4) is 0 Å². The van der Waals surface area contributed by atoms with Crippen LogP contribution in [0.4, 0.5) is 0 Å². The molecule has 0 saturated carbocycles. The van der Waals surface area contributed by atoms with Crippen LogP contribution in [-0.2, 0) is 42.5 Å². The van der Waals surface area contributed by atoms with Gasteiger partial charge < -0.3 is 23.4 Å². The molecule has 4 atom stereocenters. The zero-order valence-corrected chi connectivity index (χ0v) is 30.1. The van der Waals surface area contributed by atoms with Crippen molar-refractivity contribution in [3.8, 4) is 0 Å². The Morgan fingerprint density at radius 2 is 1.57 bits per heavy atom. The summed E-state index contributed by atoms with van der Waals surface area (Å²) in [6.45, 7) is 8.69. The fourth-order valence-electron chi connectivity index (χ4n) is 5.29. The van der Waals surface area contributed by atoms with Gasteiger partial charge in [-0.2, -0.15) is 15.0 Å². The van der Waals surface area contributed by atoms with E-state index in [0.29, 0.717) is 0 Å². The molecule has 220 valence electrons. The van der Waals surface area contributed by atoms with Crippen molar-refractivity contribution in [1.82, 2.24) is 0 Å². The zero-order chi connectivity index (χ0) is 28.9. The predicted octanol–water partition coefficient (Wildman–Crippen LogP) is 2.43. The third-order valence-corrected chi connectivity index (χ3v) is 12.4. The summed E-state index contributed by atoms with van der Waals surface area (Å²) in [5.74, 6) is -0.544. The molecule has 0 aromatic heterocycles. The third-order valence-electron chi connectivity index (χ3n) is 6.84. The maximum Gasteiger partial charge on any atom is 0.300 e. The second kappa shape index (κ2) is 14.4. The Hall–Kier alpha value is -1.07. The average Bonchev–Trinajstić information content (AvgIpc) is 3.21. The van der Waals surface area contributed by atoms with E-state index >= 15 is 0 Å². The largest absolute Gasteiger partial charge is 0.538 e. The van der Waals surface area contributed by atoms with E-state index in [1.807, 2.05) is 60.7 Å². The number of hydrogen-bond acceptors (Lipinski definition) is 9. The molecule has 1 heterocycles. The van der Waals surface area contributed by atoms with Gasteiger partial charge in [0.05, 0.1) is 25.6 Å². The Bertz CT molecular complexity index is 1150. The molecular weight excluding hydrogens is 778 g/mol. The Morgan fingerprint density at radius 1 is 1.05 bits per heavy atom. The number of benzene rings is 2. The van der Waals surface area contributed by atoms with Crippen LogP contribution in [0, 0.1) is 37.7 Å². The van der Waals surface area contributed by atoms with Gasteiger partial charge in [0.1, 0.15) is 11.7 Å². The van der Waals surface area contributed by atoms with Crippen molar-refractivity contribution in [2.24, 2.45) is 0 Å². The van der Waals surface area contributed by atoms with Crippen LogP contribution in [0.1, 0.15) is 27.7 Å². The fourth-order valence-corrected chi connectivity index (χ4v) is 10.5. The van der Waals surface area contributed by atoms with Gasteiger partial charge in [0, 0.05) is 58.4 Å². The minimum absolute atomic E-state index is 0. The van der Waals surface area contributed by atoms with Crippen LogP contribution in [0.5, 0.6) is 0 Å². The summed E-state index contributed by atoms with van der Waals surface area (Å²) in [4.78, 5) is 11.9. The summed E-state index contributed by atoms with van der Waals surface area (Å²) in [6.07, 6.45) is -2.12. The summed E-state index contributed by atoms with van der Waals surface area (Å²) in [7, 11) is -4.19. The topological polar surface area (TPSA) is 107 Å². The third kappa shape index (κ3) is 7.65. The average molecular weight is 818 g/mol. The number of carbonyl (C=O) groups is 1. The predicted molar refractivity (Wildman–Crippen MR) is 150 cm³/mol. The maximum absolute atomic E-state index is 12.4. The standard InChI is InChI=1S/C28H39O9SSi.U/c1-21(29)36-24-18-34-28(26(24)33-6,25(19-32-5)37-38(7,30)31)20-35-39(27(2,3)4,22-14-10-8-11-15-22)23-16-12-9-13-17-23;/h8-18,24-26H,19-20H2,1-7H3;/q-1;/t24-,25?,26-,28-;/m0./s1. The molecule has 2 aromatic rings. The van der Waals surface area contributed by atoms with Crippen molar-refractivity contribution in [2.75, 3.05) is 33.7 Å². The fraction of sp³-hybridized carbons (Fsp3) is 0.500. The Kier molecular flexibility index (Phi) is 12.6. The molecule has 9 nitrogen and oxygen atoms in total. The molecule has 1 saturated heterocycles. The minimum atomic E-state index is -3.96. The summed E-state index contributed by atoms with van der Waals surface area (Å²) >= 11 is 0. The molecule has 12 heteroatoms. The van der Waals surface area contributed by atoms with Crippen LogP contribution in [0.15, 0.2) is 60.7 Å². The summed E-state index contributed by atoms with van der Waals surface area (Å²) in [6, 6.07) is 20.0. The minimum Gasteiger partial charge on any atom is -0.538 e. The maximum atomic E-state index is 12.4. The van der Waals surface area contributed by atoms with E-state index in [2.05, 4.69) is 20.8 Å². The molecule has 0 aliphatic carbocycles. The van der Waals surface area contributed by atoms with E-state index in [0.717, 1.165) is 16.6 Å². The molecule has 0 radical (unpaired) electrons. The molecular formula is C28H39O9SSiU-. The van der Waals surface area contributed by atoms with Gasteiger partial charge in [-0.25, -0.2) is 0 Å². The van der Waals surface area contributed by atoms with Gasteiger partial charge in [-0.15, -0.1) is 0 Å². The van der Waals surface area contributed by atoms with E-state index in [4.69, 9.17) is 27.6 Å². The van der Waals surface area contributed by atoms with Gasteiger partial charge in [0.2, 0.25) is 0 Å². The Morgan fingerprint density at radius 3 is 1.98 bits per heavy atom. The smallest absolute Gasteiger partial charge is 0.300 e.